The first-order valence-electron chi connectivity index (χ1n) is 13.8. The van der Waals surface area contributed by atoms with E-state index in [9.17, 15) is 10.2 Å². The predicted octanol–water partition coefficient (Wildman–Crippen LogP) is 6.75. The van der Waals surface area contributed by atoms with E-state index in [2.05, 4.69) is 53.7 Å². The lowest BCUT2D eigenvalue weighted by Crippen LogP contribution is -2.64. The summed E-state index contributed by atoms with van der Waals surface area (Å²) in [6.07, 6.45) is 16.1. The molecule has 180 valence electrons. The van der Waals surface area contributed by atoms with Gasteiger partial charge in [-0.25, -0.2) is 0 Å². The van der Waals surface area contributed by atoms with Gasteiger partial charge in [-0.05, 0) is 121 Å². The predicted molar refractivity (Wildman–Crippen MR) is 130 cm³/mol. The molecule has 32 heavy (non-hydrogen) atoms. The fourth-order valence-corrected chi connectivity index (χ4v) is 12.1. The van der Waals surface area contributed by atoms with Crippen molar-refractivity contribution >= 4 is 0 Å². The molecule has 0 heterocycles. The quantitative estimate of drug-likeness (QED) is 0.409. The maximum atomic E-state index is 11.2. The van der Waals surface area contributed by atoms with Crippen LogP contribution < -0.4 is 0 Å². The standard InChI is InChI=1S/C30H48O2/c1-19-23-20-8-12-30-18-29(30,13-9-21-24(2,3)22(31)10-11-27(21,30)6)26(20,5)16-14-25(23,4)15-17-28(19,7)32/h15,17,19-23,31-32H,8-14,16,18H2,1-7H3/t19-,20-,21+,22+,23+,25+,26-,27+,28+,29-,30+/m1/s1. The smallest absolute Gasteiger partial charge is 0.0828 e. The number of rotatable bonds is 0. The van der Waals surface area contributed by atoms with E-state index in [0.29, 0.717) is 39.4 Å². The molecule has 0 aromatic heterocycles. The third-order valence-corrected chi connectivity index (χ3v) is 14.2. The van der Waals surface area contributed by atoms with E-state index in [1.807, 2.05) is 6.92 Å². The molecular weight excluding hydrogens is 392 g/mol. The van der Waals surface area contributed by atoms with E-state index in [4.69, 9.17) is 0 Å². The molecule has 0 amide bonds. The van der Waals surface area contributed by atoms with Crippen molar-refractivity contribution in [2.45, 2.75) is 118 Å². The molecule has 0 unspecified atom stereocenters. The Balaban J connectivity index is 1.42. The highest BCUT2D eigenvalue weighted by Gasteiger charge is 2.85. The molecule has 5 saturated carbocycles. The lowest BCUT2D eigenvalue weighted by molar-refractivity contribution is -0.214. The number of fused-ring (bicyclic) bond motifs is 4. The number of aliphatic hydroxyl groups is 2. The highest BCUT2D eigenvalue weighted by molar-refractivity contribution is 5.35. The van der Waals surface area contributed by atoms with Crippen LogP contribution in [0.3, 0.4) is 0 Å². The van der Waals surface area contributed by atoms with Crippen molar-refractivity contribution < 1.29 is 10.2 Å². The van der Waals surface area contributed by atoms with Crippen LogP contribution >= 0.6 is 0 Å². The van der Waals surface area contributed by atoms with Crippen LogP contribution in [0.5, 0.6) is 0 Å². The Hall–Kier alpha value is -0.340. The molecule has 2 N–H and O–H groups in total. The van der Waals surface area contributed by atoms with Crippen LogP contribution in [0.1, 0.15) is 106 Å². The highest BCUT2D eigenvalue weighted by Crippen LogP contribution is 2.92. The third kappa shape index (κ3) is 2.14. The molecule has 0 radical (unpaired) electrons. The Bertz CT molecular complexity index is 872. The van der Waals surface area contributed by atoms with Gasteiger partial charge in [-0.3, -0.25) is 0 Å². The first-order chi connectivity index (χ1) is 14.7. The molecule has 6 rings (SSSR count). The summed E-state index contributed by atoms with van der Waals surface area (Å²) in [7, 11) is 0. The molecule has 0 saturated heterocycles. The third-order valence-electron chi connectivity index (χ3n) is 14.2. The van der Waals surface area contributed by atoms with E-state index < -0.39 is 5.60 Å². The minimum Gasteiger partial charge on any atom is -0.393 e. The Morgan fingerprint density at radius 3 is 2.12 bits per heavy atom. The van der Waals surface area contributed by atoms with Gasteiger partial charge in [0.2, 0.25) is 0 Å². The highest BCUT2D eigenvalue weighted by atomic mass is 16.3. The van der Waals surface area contributed by atoms with Gasteiger partial charge in [-0.1, -0.05) is 53.7 Å². The molecule has 6 aliphatic rings. The summed E-state index contributed by atoms with van der Waals surface area (Å²) in [5.41, 5.74) is 1.39. The second kappa shape index (κ2) is 5.89. The normalized spacial score (nSPS) is 64.5. The number of hydrogen-bond acceptors (Lipinski definition) is 2. The molecule has 0 spiro atoms. The fourth-order valence-electron chi connectivity index (χ4n) is 12.1. The summed E-state index contributed by atoms with van der Waals surface area (Å²) in [5, 5.41) is 22.2. The molecule has 2 heteroatoms. The van der Waals surface area contributed by atoms with Gasteiger partial charge in [0.05, 0.1) is 11.7 Å². The Morgan fingerprint density at radius 2 is 1.41 bits per heavy atom. The molecular formula is C30H48O2. The molecule has 0 aromatic rings. The minimum atomic E-state index is -0.675. The van der Waals surface area contributed by atoms with Gasteiger partial charge in [-0.2, -0.15) is 0 Å². The lowest BCUT2D eigenvalue weighted by Gasteiger charge is -2.69. The zero-order chi connectivity index (χ0) is 23.2. The molecule has 2 nitrogen and oxygen atoms in total. The molecule has 11 atom stereocenters. The topological polar surface area (TPSA) is 40.5 Å². The van der Waals surface area contributed by atoms with Crippen LogP contribution in [-0.2, 0) is 0 Å². The Morgan fingerprint density at radius 1 is 0.750 bits per heavy atom. The summed E-state index contributed by atoms with van der Waals surface area (Å²) < 4.78 is 0. The van der Waals surface area contributed by atoms with Gasteiger partial charge in [0, 0.05) is 0 Å². The van der Waals surface area contributed by atoms with Gasteiger partial charge in [0.25, 0.3) is 0 Å². The van der Waals surface area contributed by atoms with Gasteiger partial charge < -0.3 is 10.2 Å². The van der Waals surface area contributed by atoms with Crippen molar-refractivity contribution in [2.24, 2.45) is 56.2 Å². The van der Waals surface area contributed by atoms with Crippen LogP contribution in [0.4, 0.5) is 0 Å². The van der Waals surface area contributed by atoms with Crippen LogP contribution in [0, 0.1) is 56.2 Å². The van der Waals surface area contributed by atoms with Crippen LogP contribution in [0.25, 0.3) is 0 Å². The van der Waals surface area contributed by atoms with Crippen molar-refractivity contribution in [3.63, 3.8) is 0 Å². The van der Waals surface area contributed by atoms with E-state index >= 15 is 0 Å². The van der Waals surface area contributed by atoms with E-state index in [-0.39, 0.29) is 16.9 Å². The van der Waals surface area contributed by atoms with E-state index in [0.717, 1.165) is 12.3 Å². The average molecular weight is 441 g/mol. The van der Waals surface area contributed by atoms with Crippen LogP contribution in [0.2, 0.25) is 0 Å². The summed E-state index contributed by atoms with van der Waals surface area (Å²) in [6, 6.07) is 0. The number of allylic oxidation sites excluding steroid dienone is 1. The second-order valence-electron chi connectivity index (χ2n) is 15.2. The Labute approximate surface area is 196 Å². The zero-order valence-electron chi connectivity index (χ0n) is 21.8. The van der Waals surface area contributed by atoms with Crippen molar-refractivity contribution in [2.75, 3.05) is 0 Å². The molecule has 6 aliphatic carbocycles. The monoisotopic (exact) mass is 440 g/mol. The molecule has 0 aromatic carbocycles. The summed E-state index contributed by atoms with van der Waals surface area (Å²) in [6.45, 7) is 17.0. The summed E-state index contributed by atoms with van der Waals surface area (Å²) in [5.74, 6) is 2.29. The molecule has 0 bridgehead atoms. The van der Waals surface area contributed by atoms with Gasteiger partial charge in [0.1, 0.15) is 0 Å². The maximum absolute atomic E-state index is 11.2. The van der Waals surface area contributed by atoms with Crippen molar-refractivity contribution in [1.29, 1.82) is 0 Å². The Kier molecular flexibility index (Phi) is 4.08. The van der Waals surface area contributed by atoms with Crippen molar-refractivity contribution in [3.8, 4) is 0 Å². The van der Waals surface area contributed by atoms with E-state index in [1.54, 1.807) is 0 Å². The van der Waals surface area contributed by atoms with Gasteiger partial charge in [-0.15, -0.1) is 0 Å². The van der Waals surface area contributed by atoms with Gasteiger partial charge >= 0.3 is 0 Å². The lowest BCUT2D eigenvalue weighted by atomic mass is 9.35. The van der Waals surface area contributed by atoms with E-state index in [1.165, 1.54) is 51.4 Å². The second-order valence-corrected chi connectivity index (χ2v) is 15.2. The maximum Gasteiger partial charge on any atom is 0.0828 e. The average Bonchev–Trinajstić information content (AvgIpc) is 3.43. The summed E-state index contributed by atoms with van der Waals surface area (Å²) in [4.78, 5) is 0. The number of hydrogen-bond donors (Lipinski definition) is 2. The molecule has 0 aliphatic heterocycles. The van der Waals surface area contributed by atoms with Crippen LogP contribution in [-0.4, -0.2) is 21.9 Å². The summed E-state index contributed by atoms with van der Waals surface area (Å²) >= 11 is 0. The van der Waals surface area contributed by atoms with Crippen molar-refractivity contribution in [3.05, 3.63) is 12.2 Å². The van der Waals surface area contributed by atoms with Crippen molar-refractivity contribution in [1.82, 2.24) is 0 Å². The first kappa shape index (κ1) is 22.1. The zero-order valence-corrected chi connectivity index (χ0v) is 21.8. The largest absolute Gasteiger partial charge is 0.393 e. The molecule has 5 fully saturated rings. The number of aliphatic hydroxyl groups excluding tert-OH is 1. The van der Waals surface area contributed by atoms with Crippen LogP contribution in [0.15, 0.2) is 12.2 Å². The SMILES string of the molecule is C[C@@H]1[C@H]2[C@H]3CC[C@@]45C[C@]4(CC[C@H]4C(C)(C)[C@@H](O)CC[C@@]45C)[C@]3(C)CC[C@@]2(C)C=C[C@]1(C)O. The van der Waals surface area contributed by atoms with Gasteiger partial charge in [0.15, 0.2) is 0 Å². The fraction of sp³-hybridized carbons (Fsp3) is 0.933. The minimum absolute atomic E-state index is 0.0424. The first-order valence-corrected chi connectivity index (χ1v) is 13.8.